The molecule has 6 atom stereocenters. The van der Waals surface area contributed by atoms with Crippen LogP contribution in [0.2, 0.25) is 0 Å². The van der Waals surface area contributed by atoms with E-state index in [1.807, 2.05) is 0 Å². The number of aliphatic hydroxyl groups excluding tert-OH is 1. The van der Waals surface area contributed by atoms with Gasteiger partial charge in [-0.2, -0.15) is 0 Å². The molecule has 0 spiro atoms. The quantitative estimate of drug-likeness (QED) is 0.555. The number of aliphatic hydroxyl groups is 1. The van der Waals surface area contributed by atoms with Crippen molar-refractivity contribution in [2.24, 2.45) is 29.1 Å². The topological polar surface area (TPSA) is 20.2 Å². The highest BCUT2D eigenvalue weighted by atomic mass is 16.3. The van der Waals surface area contributed by atoms with Gasteiger partial charge in [0.15, 0.2) is 0 Å². The molecule has 158 valence electrons. The Bertz CT molecular complexity index is 829. The van der Waals surface area contributed by atoms with Crippen LogP contribution in [-0.4, -0.2) is 11.2 Å². The van der Waals surface area contributed by atoms with Gasteiger partial charge >= 0.3 is 0 Å². The maximum atomic E-state index is 10.2. The maximum Gasteiger partial charge on any atom is 0.0583 e. The Morgan fingerprint density at radius 1 is 1.10 bits per heavy atom. The van der Waals surface area contributed by atoms with E-state index in [4.69, 9.17) is 0 Å². The molecule has 1 aromatic rings. The second-order valence-electron chi connectivity index (χ2n) is 10.8. The van der Waals surface area contributed by atoms with Crippen LogP contribution in [0.3, 0.4) is 0 Å². The number of benzene rings is 1. The van der Waals surface area contributed by atoms with Crippen LogP contribution in [0.15, 0.2) is 24.3 Å². The normalized spacial score (nSPS) is 32.9. The molecule has 0 radical (unpaired) electrons. The van der Waals surface area contributed by atoms with Crippen LogP contribution in [0.4, 0.5) is 0 Å². The van der Waals surface area contributed by atoms with Crippen molar-refractivity contribution in [2.75, 3.05) is 0 Å². The van der Waals surface area contributed by atoms with Crippen molar-refractivity contribution in [3.8, 4) is 0 Å². The summed E-state index contributed by atoms with van der Waals surface area (Å²) < 4.78 is 0. The lowest BCUT2D eigenvalue weighted by Crippen LogP contribution is -2.32. The standard InChI is InChI=1S/C28H40O/c1-17(2)18(3)7-8-19(4)26-11-12-27-25-15-21-9-10-22(29)16-24(21)20(5)23(25)13-14-28(26,27)6/h7-8,13-15,17-19,22,26-27,29H,9-12,16H2,1-6H3/t18-,19+,22-,26+,27+,28+/m0/s1. The molecule has 4 rings (SSSR count). The third-order valence-electron chi connectivity index (χ3n) is 8.78. The van der Waals surface area contributed by atoms with Gasteiger partial charge in [0, 0.05) is 0 Å². The van der Waals surface area contributed by atoms with E-state index in [2.05, 4.69) is 71.9 Å². The Kier molecular flexibility index (Phi) is 5.57. The van der Waals surface area contributed by atoms with Crippen molar-refractivity contribution in [1.29, 1.82) is 0 Å². The summed E-state index contributed by atoms with van der Waals surface area (Å²) in [5.74, 6) is 3.33. The largest absolute Gasteiger partial charge is 0.393 e. The van der Waals surface area contributed by atoms with Crippen molar-refractivity contribution in [3.05, 3.63) is 52.1 Å². The molecular weight excluding hydrogens is 352 g/mol. The fraction of sp³-hybridized carbons (Fsp3) is 0.643. The lowest BCUT2D eigenvalue weighted by atomic mass is 9.63. The molecule has 3 aliphatic carbocycles. The lowest BCUT2D eigenvalue weighted by Gasteiger charge is -2.41. The second kappa shape index (κ2) is 7.73. The molecule has 29 heavy (non-hydrogen) atoms. The summed E-state index contributed by atoms with van der Waals surface area (Å²) >= 11 is 0. The van der Waals surface area contributed by atoms with Crippen molar-refractivity contribution in [3.63, 3.8) is 0 Å². The lowest BCUT2D eigenvalue weighted by molar-refractivity contribution is 0.158. The van der Waals surface area contributed by atoms with Crippen LogP contribution < -0.4 is 0 Å². The van der Waals surface area contributed by atoms with Gasteiger partial charge in [-0.1, -0.05) is 65.0 Å². The zero-order valence-electron chi connectivity index (χ0n) is 19.3. The molecule has 1 heteroatoms. The highest BCUT2D eigenvalue weighted by Crippen LogP contribution is 2.60. The molecule has 1 nitrogen and oxygen atoms in total. The minimum absolute atomic E-state index is 0.159. The third kappa shape index (κ3) is 3.54. The Hall–Kier alpha value is -1.34. The van der Waals surface area contributed by atoms with Crippen molar-refractivity contribution >= 4 is 6.08 Å². The Labute approximate surface area is 178 Å². The number of allylic oxidation sites excluding steroid dienone is 3. The first-order valence-electron chi connectivity index (χ1n) is 11.9. The minimum atomic E-state index is -0.159. The fourth-order valence-electron chi connectivity index (χ4n) is 6.41. The Morgan fingerprint density at radius 3 is 2.59 bits per heavy atom. The third-order valence-corrected chi connectivity index (χ3v) is 8.78. The monoisotopic (exact) mass is 392 g/mol. The summed E-state index contributed by atoms with van der Waals surface area (Å²) in [6, 6.07) is 2.53. The number of hydrogen-bond acceptors (Lipinski definition) is 1. The van der Waals surface area contributed by atoms with Crippen molar-refractivity contribution in [1.82, 2.24) is 0 Å². The van der Waals surface area contributed by atoms with Gasteiger partial charge in [0.2, 0.25) is 0 Å². The van der Waals surface area contributed by atoms with Gasteiger partial charge in [-0.15, -0.1) is 0 Å². The number of aryl methyl sites for hydroxylation is 1. The van der Waals surface area contributed by atoms with Gasteiger partial charge in [0.25, 0.3) is 0 Å². The molecule has 1 saturated carbocycles. The molecule has 0 amide bonds. The van der Waals surface area contributed by atoms with E-state index in [1.54, 1.807) is 5.56 Å². The summed E-state index contributed by atoms with van der Waals surface area (Å²) in [6.45, 7) is 14.2. The SMILES string of the molecule is Cc1c2c(cc3c1C[C@@H](O)CC3)[C@H]1CC[C@H]([C@H](C)C=C[C@H](C)C(C)C)[C@@]1(C)C=C2. The summed E-state index contributed by atoms with van der Waals surface area (Å²) in [5, 5.41) is 10.2. The number of rotatable bonds is 4. The van der Waals surface area contributed by atoms with E-state index in [1.165, 1.54) is 35.1 Å². The molecule has 0 saturated heterocycles. The van der Waals surface area contributed by atoms with Crippen molar-refractivity contribution in [2.45, 2.75) is 85.7 Å². The van der Waals surface area contributed by atoms with Gasteiger partial charge in [-0.25, -0.2) is 0 Å². The van der Waals surface area contributed by atoms with Crippen LogP contribution in [0.5, 0.6) is 0 Å². The summed E-state index contributed by atoms with van der Waals surface area (Å²) in [5.41, 5.74) is 7.66. The first-order valence-corrected chi connectivity index (χ1v) is 11.9. The van der Waals surface area contributed by atoms with E-state index < -0.39 is 0 Å². The predicted molar refractivity (Wildman–Crippen MR) is 124 cm³/mol. The van der Waals surface area contributed by atoms with Gasteiger partial charge in [0.1, 0.15) is 0 Å². The molecule has 0 heterocycles. The van der Waals surface area contributed by atoms with Gasteiger partial charge < -0.3 is 5.11 Å². The van der Waals surface area contributed by atoms with Gasteiger partial charge in [-0.3, -0.25) is 0 Å². The first kappa shape index (κ1) is 20.9. The molecule has 0 unspecified atom stereocenters. The number of hydrogen-bond donors (Lipinski definition) is 1. The predicted octanol–water partition coefficient (Wildman–Crippen LogP) is 6.86. The average Bonchev–Trinajstić information content (AvgIpc) is 3.04. The minimum Gasteiger partial charge on any atom is -0.393 e. The Morgan fingerprint density at radius 2 is 1.86 bits per heavy atom. The molecule has 0 aliphatic heterocycles. The van der Waals surface area contributed by atoms with Gasteiger partial charge in [0.05, 0.1) is 6.10 Å². The molecule has 1 N–H and O–H groups in total. The molecule has 1 aromatic carbocycles. The summed E-state index contributed by atoms with van der Waals surface area (Å²) in [7, 11) is 0. The van der Waals surface area contributed by atoms with Crippen LogP contribution in [0, 0.1) is 36.0 Å². The Balaban J connectivity index is 1.65. The van der Waals surface area contributed by atoms with Crippen LogP contribution in [0.1, 0.15) is 87.6 Å². The zero-order valence-corrected chi connectivity index (χ0v) is 19.3. The van der Waals surface area contributed by atoms with E-state index >= 15 is 0 Å². The van der Waals surface area contributed by atoms with E-state index in [0.717, 1.165) is 19.3 Å². The number of fused-ring (bicyclic) bond motifs is 4. The van der Waals surface area contributed by atoms with Crippen LogP contribution in [0.25, 0.3) is 6.08 Å². The fourth-order valence-corrected chi connectivity index (χ4v) is 6.41. The van der Waals surface area contributed by atoms with Gasteiger partial charge in [-0.05, 0) is 102 Å². The first-order chi connectivity index (χ1) is 13.7. The summed E-state index contributed by atoms with van der Waals surface area (Å²) in [6.07, 6.45) is 15.2. The molecule has 0 aromatic heterocycles. The molecule has 0 bridgehead atoms. The highest BCUT2D eigenvalue weighted by molar-refractivity contribution is 5.67. The highest BCUT2D eigenvalue weighted by Gasteiger charge is 2.49. The second-order valence-corrected chi connectivity index (χ2v) is 10.8. The summed E-state index contributed by atoms with van der Waals surface area (Å²) in [4.78, 5) is 0. The van der Waals surface area contributed by atoms with E-state index in [9.17, 15) is 5.11 Å². The maximum absolute atomic E-state index is 10.2. The van der Waals surface area contributed by atoms with E-state index in [-0.39, 0.29) is 11.5 Å². The smallest absolute Gasteiger partial charge is 0.0583 e. The molecular formula is C28H40O. The van der Waals surface area contributed by atoms with Crippen LogP contribution in [-0.2, 0) is 12.8 Å². The molecule has 3 aliphatic rings. The zero-order chi connectivity index (χ0) is 20.9. The van der Waals surface area contributed by atoms with Crippen LogP contribution >= 0.6 is 0 Å². The average molecular weight is 393 g/mol. The van der Waals surface area contributed by atoms with E-state index in [0.29, 0.717) is 29.6 Å². The van der Waals surface area contributed by atoms with Crippen molar-refractivity contribution < 1.29 is 5.11 Å². The molecule has 1 fully saturated rings.